The third-order valence-corrected chi connectivity index (χ3v) is 4.75. The molecule has 1 N–H and O–H groups in total. The van der Waals surface area contributed by atoms with Gasteiger partial charge in [-0.15, -0.1) is 0 Å². The van der Waals surface area contributed by atoms with E-state index in [4.69, 9.17) is 0 Å². The van der Waals surface area contributed by atoms with Crippen LogP contribution in [0.5, 0.6) is 0 Å². The van der Waals surface area contributed by atoms with Crippen LogP contribution < -0.4 is 5.32 Å². The molecule has 2 rings (SSSR count). The summed E-state index contributed by atoms with van der Waals surface area (Å²) in [5.74, 6) is 0.811. The summed E-state index contributed by atoms with van der Waals surface area (Å²) in [6.45, 7) is 11.7. The quantitative estimate of drug-likeness (QED) is 0.858. The first kappa shape index (κ1) is 16.5. The van der Waals surface area contributed by atoms with Gasteiger partial charge >= 0.3 is 0 Å². The molecule has 3 atom stereocenters. The minimum absolute atomic E-state index is 0.588. The Balaban J connectivity index is 1.89. The summed E-state index contributed by atoms with van der Waals surface area (Å²) < 4.78 is 0. The number of nitrogens with zero attached hydrogens (tertiary/aromatic N) is 1. The van der Waals surface area contributed by atoms with Crippen LogP contribution >= 0.6 is 0 Å². The maximum absolute atomic E-state index is 3.73. The van der Waals surface area contributed by atoms with E-state index in [1.807, 2.05) is 0 Å². The van der Waals surface area contributed by atoms with Gasteiger partial charge < -0.3 is 5.32 Å². The van der Waals surface area contributed by atoms with E-state index < -0.39 is 0 Å². The van der Waals surface area contributed by atoms with Crippen LogP contribution in [-0.4, -0.2) is 36.1 Å². The molecule has 21 heavy (non-hydrogen) atoms. The van der Waals surface area contributed by atoms with Crippen molar-refractivity contribution in [2.45, 2.75) is 65.1 Å². The molecular weight excluding hydrogens is 256 g/mol. The van der Waals surface area contributed by atoms with Gasteiger partial charge in [0.1, 0.15) is 0 Å². The summed E-state index contributed by atoms with van der Waals surface area (Å²) in [5, 5.41) is 3.73. The number of hydrogen-bond acceptors (Lipinski definition) is 2. The summed E-state index contributed by atoms with van der Waals surface area (Å²) in [7, 11) is 0. The van der Waals surface area contributed by atoms with E-state index in [-0.39, 0.29) is 0 Å². The lowest BCUT2D eigenvalue weighted by Gasteiger charge is -2.42. The van der Waals surface area contributed by atoms with Gasteiger partial charge in [0.05, 0.1) is 0 Å². The lowest BCUT2D eigenvalue weighted by atomic mass is 9.98. The van der Waals surface area contributed by atoms with Crippen LogP contribution in [0, 0.1) is 5.92 Å². The molecule has 2 heteroatoms. The van der Waals surface area contributed by atoms with Crippen LogP contribution in [0.15, 0.2) is 30.3 Å². The molecule has 0 bridgehead atoms. The van der Waals surface area contributed by atoms with Crippen molar-refractivity contribution in [2.24, 2.45) is 5.92 Å². The molecule has 1 aliphatic rings. The number of piperazine rings is 1. The highest BCUT2D eigenvalue weighted by molar-refractivity contribution is 5.16. The maximum atomic E-state index is 3.73. The largest absolute Gasteiger partial charge is 0.311 e. The molecule has 0 radical (unpaired) electrons. The van der Waals surface area contributed by atoms with Gasteiger partial charge in [0.2, 0.25) is 0 Å². The number of hydrogen-bond donors (Lipinski definition) is 1. The molecule has 0 spiro atoms. The summed E-state index contributed by atoms with van der Waals surface area (Å²) in [6, 6.07) is 12.8. The summed E-state index contributed by atoms with van der Waals surface area (Å²) in [4.78, 5) is 2.71. The van der Waals surface area contributed by atoms with Crippen LogP contribution in [0.3, 0.4) is 0 Å². The predicted octanol–water partition coefficient (Wildman–Crippen LogP) is 3.72. The fourth-order valence-corrected chi connectivity index (χ4v) is 3.34. The van der Waals surface area contributed by atoms with Crippen LogP contribution in [0.25, 0.3) is 0 Å². The normalized spacial score (nSPS) is 25.2. The highest BCUT2D eigenvalue weighted by Gasteiger charge is 2.28. The highest BCUT2D eigenvalue weighted by Crippen LogP contribution is 2.18. The van der Waals surface area contributed by atoms with E-state index in [0.717, 1.165) is 18.9 Å². The number of nitrogens with one attached hydrogen (secondary N) is 1. The molecule has 1 aromatic rings. The van der Waals surface area contributed by atoms with Gasteiger partial charge in [0.15, 0.2) is 0 Å². The second-order valence-corrected chi connectivity index (χ2v) is 7.16. The SMILES string of the molecule is CC(C)CCC(C)N1CC(Cc2ccccc2)NCC1C. The molecule has 1 aromatic carbocycles. The van der Waals surface area contributed by atoms with Gasteiger partial charge in [-0.25, -0.2) is 0 Å². The molecule has 1 saturated heterocycles. The van der Waals surface area contributed by atoms with Crippen molar-refractivity contribution in [1.82, 2.24) is 10.2 Å². The molecule has 3 unspecified atom stereocenters. The minimum atomic E-state index is 0.588. The van der Waals surface area contributed by atoms with E-state index in [1.165, 1.54) is 24.9 Å². The first-order valence-corrected chi connectivity index (χ1v) is 8.59. The molecule has 0 aromatic heterocycles. The van der Waals surface area contributed by atoms with Crippen LogP contribution in [0.2, 0.25) is 0 Å². The van der Waals surface area contributed by atoms with E-state index in [2.05, 4.69) is 68.2 Å². The molecule has 1 aliphatic heterocycles. The monoisotopic (exact) mass is 288 g/mol. The van der Waals surface area contributed by atoms with Gasteiger partial charge in [0.25, 0.3) is 0 Å². The zero-order valence-corrected chi connectivity index (χ0v) is 14.2. The zero-order valence-electron chi connectivity index (χ0n) is 14.2. The Kier molecular flexibility index (Phi) is 6.25. The Bertz CT molecular complexity index is 401. The van der Waals surface area contributed by atoms with Crippen molar-refractivity contribution >= 4 is 0 Å². The molecule has 118 valence electrons. The molecule has 1 heterocycles. The van der Waals surface area contributed by atoms with E-state index >= 15 is 0 Å². The van der Waals surface area contributed by atoms with Crippen LogP contribution in [-0.2, 0) is 6.42 Å². The fourth-order valence-electron chi connectivity index (χ4n) is 3.34. The molecule has 1 fully saturated rings. The molecular formula is C19H32N2. The van der Waals surface area contributed by atoms with Gasteiger partial charge in [-0.1, -0.05) is 44.2 Å². The molecule has 0 aliphatic carbocycles. The Morgan fingerprint density at radius 2 is 1.86 bits per heavy atom. The van der Waals surface area contributed by atoms with Crippen molar-refractivity contribution in [3.8, 4) is 0 Å². The van der Waals surface area contributed by atoms with Gasteiger partial charge in [-0.2, -0.15) is 0 Å². The molecule has 2 nitrogen and oxygen atoms in total. The molecule has 0 saturated carbocycles. The summed E-state index contributed by atoms with van der Waals surface area (Å²) in [5.41, 5.74) is 1.44. The van der Waals surface area contributed by atoms with Crippen molar-refractivity contribution in [3.63, 3.8) is 0 Å². The average molecular weight is 288 g/mol. The van der Waals surface area contributed by atoms with Gasteiger partial charge in [-0.05, 0) is 44.6 Å². The lowest BCUT2D eigenvalue weighted by Crippen LogP contribution is -2.58. The Morgan fingerprint density at radius 1 is 1.14 bits per heavy atom. The average Bonchev–Trinajstić information content (AvgIpc) is 2.48. The summed E-state index contributed by atoms with van der Waals surface area (Å²) >= 11 is 0. The van der Waals surface area contributed by atoms with E-state index in [1.54, 1.807) is 0 Å². The van der Waals surface area contributed by atoms with Crippen molar-refractivity contribution in [2.75, 3.05) is 13.1 Å². The number of rotatable bonds is 6. The molecule has 0 amide bonds. The second-order valence-electron chi connectivity index (χ2n) is 7.16. The standard InChI is InChI=1S/C19H32N2/c1-15(2)10-11-16(3)21-14-19(20-13-17(21)4)12-18-8-6-5-7-9-18/h5-9,15-17,19-20H,10-14H2,1-4H3. The first-order chi connectivity index (χ1) is 10.1. The Labute approximate surface area is 130 Å². The smallest absolute Gasteiger partial charge is 0.0236 e. The van der Waals surface area contributed by atoms with Crippen molar-refractivity contribution in [1.29, 1.82) is 0 Å². The zero-order chi connectivity index (χ0) is 15.2. The summed E-state index contributed by atoms with van der Waals surface area (Å²) in [6.07, 6.45) is 3.79. The van der Waals surface area contributed by atoms with Gasteiger partial charge in [0, 0.05) is 31.2 Å². The Hall–Kier alpha value is -0.860. The van der Waals surface area contributed by atoms with Crippen molar-refractivity contribution in [3.05, 3.63) is 35.9 Å². The third kappa shape index (κ3) is 5.12. The van der Waals surface area contributed by atoms with E-state index in [0.29, 0.717) is 18.1 Å². The van der Waals surface area contributed by atoms with Crippen LogP contribution in [0.4, 0.5) is 0 Å². The lowest BCUT2D eigenvalue weighted by molar-refractivity contribution is 0.0913. The Morgan fingerprint density at radius 3 is 2.52 bits per heavy atom. The number of benzene rings is 1. The first-order valence-electron chi connectivity index (χ1n) is 8.59. The van der Waals surface area contributed by atoms with Crippen molar-refractivity contribution < 1.29 is 0 Å². The predicted molar refractivity (Wildman–Crippen MR) is 91.6 cm³/mol. The van der Waals surface area contributed by atoms with E-state index in [9.17, 15) is 0 Å². The topological polar surface area (TPSA) is 15.3 Å². The highest BCUT2D eigenvalue weighted by atomic mass is 15.2. The van der Waals surface area contributed by atoms with Crippen LogP contribution in [0.1, 0.15) is 46.1 Å². The maximum Gasteiger partial charge on any atom is 0.0236 e. The third-order valence-electron chi connectivity index (χ3n) is 4.75. The second kappa shape index (κ2) is 7.95. The fraction of sp³-hybridized carbons (Fsp3) is 0.684. The minimum Gasteiger partial charge on any atom is -0.311 e. The van der Waals surface area contributed by atoms with Gasteiger partial charge in [-0.3, -0.25) is 4.90 Å².